The fourth-order valence-electron chi connectivity index (χ4n) is 1.61. The highest BCUT2D eigenvalue weighted by Crippen LogP contribution is 2.06. The van der Waals surface area contributed by atoms with Crippen molar-refractivity contribution in [1.82, 2.24) is 20.0 Å². The summed E-state index contributed by atoms with van der Waals surface area (Å²) in [5.41, 5.74) is 0.922. The summed E-state index contributed by atoms with van der Waals surface area (Å²) in [5.74, 6) is 1.85. The van der Waals surface area contributed by atoms with Crippen LogP contribution in [0.5, 0.6) is 0 Å². The molecule has 2 aromatic heterocycles. The number of aromatic nitrogens is 3. The first-order chi connectivity index (χ1) is 8.15. The first kappa shape index (κ1) is 11.9. The molecule has 0 fully saturated rings. The molecule has 1 N–H and O–H groups in total. The standard InChI is InChI=1S/C12H18N4O/c1-9(2)14-7-12-13-4-5-16(12)8-11-6-10(3)17-15-11/h4-6,9,14H,7-8H2,1-3H3. The second-order valence-corrected chi connectivity index (χ2v) is 4.44. The summed E-state index contributed by atoms with van der Waals surface area (Å²) in [4.78, 5) is 4.33. The van der Waals surface area contributed by atoms with E-state index in [1.165, 1.54) is 0 Å². The molecule has 0 spiro atoms. The number of hydrogen-bond donors (Lipinski definition) is 1. The molecule has 92 valence electrons. The Labute approximate surface area is 101 Å². The molecule has 17 heavy (non-hydrogen) atoms. The van der Waals surface area contributed by atoms with Crippen LogP contribution in [-0.2, 0) is 13.1 Å². The Kier molecular flexibility index (Phi) is 3.58. The lowest BCUT2D eigenvalue weighted by molar-refractivity contribution is 0.388. The van der Waals surface area contributed by atoms with Gasteiger partial charge in [-0.3, -0.25) is 0 Å². The molecule has 5 nitrogen and oxygen atoms in total. The molecule has 0 aliphatic heterocycles. The van der Waals surface area contributed by atoms with E-state index >= 15 is 0 Å². The van der Waals surface area contributed by atoms with Gasteiger partial charge in [-0.25, -0.2) is 4.98 Å². The Morgan fingerprint density at radius 2 is 2.29 bits per heavy atom. The zero-order valence-electron chi connectivity index (χ0n) is 10.5. The van der Waals surface area contributed by atoms with Crippen LogP contribution in [0.4, 0.5) is 0 Å². The maximum absolute atomic E-state index is 5.05. The number of rotatable bonds is 5. The van der Waals surface area contributed by atoms with E-state index < -0.39 is 0 Å². The largest absolute Gasteiger partial charge is 0.361 e. The van der Waals surface area contributed by atoms with E-state index in [0.29, 0.717) is 12.6 Å². The van der Waals surface area contributed by atoms with Crippen LogP contribution in [0.15, 0.2) is 23.0 Å². The molecular weight excluding hydrogens is 216 g/mol. The van der Waals surface area contributed by atoms with Crippen molar-refractivity contribution >= 4 is 0 Å². The molecule has 0 aliphatic carbocycles. The third-order valence-electron chi connectivity index (χ3n) is 2.48. The van der Waals surface area contributed by atoms with Gasteiger partial charge in [0, 0.05) is 24.5 Å². The smallest absolute Gasteiger partial charge is 0.133 e. The minimum absolute atomic E-state index is 0.453. The highest BCUT2D eigenvalue weighted by Gasteiger charge is 2.06. The molecule has 5 heteroatoms. The summed E-state index contributed by atoms with van der Waals surface area (Å²) < 4.78 is 7.13. The highest BCUT2D eigenvalue weighted by molar-refractivity contribution is 5.06. The zero-order valence-corrected chi connectivity index (χ0v) is 10.5. The van der Waals surface area contributed by atoms with Gasteiger partial charge in [-0.15, -0.1) is 0 Å². The van der Waals surface area contributed by atoms with Crippen LogP contribution in [0.2, 0.25) is 0 Å². The molecular formula is C12H18N4O. The van der Waals surface area contributed by atoms with Gasteiger partial charge in [0.15, 0.2) is 0 Å². The summed E-state index contributed by atoms with van der Waals surface area (Å²) >= 11 is 0. The molecule has 2 rings (SSSR count). The molecule has 0 saturated heterocycles. The molecule has 0 atom stereocenters. The molecule has 0 amide bonds. The van der Waals surface area contributed by atoms with Crippen LogP contribution in [0, 0.1) is 6.92 Å². The average molecular weight is 234 g/mol. The summed E-state index contributed by atoms with van der Waals surface area (Å²) in [6.07, 6.45) is 3.77. The van der Waals surface area contributed by atoms with Crippen LogP contribution in [-0.4, -0.2) is 20.7 Å². The third kappa shape index (κ3) is 3.17. The van der Waals surface area contributed by atoms with Crippen LogP contribution in [0.3, 0.4) is 0 Å². The highest BCUT2D eigenvalue weighted by atomic mass is 16.5. The molecule has 0 bridgehead atoms. The summed E-state index contributed by atoms with van der Waals surface area (Å²) in [5, 5.41) is 7.34. The number of hydrogen-bond acceptors (Lipinski definition) is 4. The average Bonchev–Trinajstić information content (AvgIpc) is 2.86. The number of nitrogens with one attached hydrogen (secondary N) is 1. The van der Waals surface area contributed by atoms with Crippen LogP contribution < -0.4 is 5.32 Å². The van der Waals surface area contributed by atoms with E-state index in [-0.39, 0.29) is 0 Å². The van der Waals surface area contributed by atoms with Crippen molar-refractivity contribution < 1.29 is 4.52 Å². The number of imidazole rings is 1. The Balaban J connectivity index is 2.03. The first-order valence-corrected chi connectivity index (χ1v) is 5.80. The maximum atomic E-state index is 5.05. The molecule has 2 aromatic rings. The van der Waals surface area contributed by atoms with Crippen molar-refractivity contribution in [3.8, 4) is 0 Å². The van der Waals surface area contributed by atoms with Gasteiger partial charge in [0.2, 0.25) is 0 Å². The first-order valence-electron chi connectivity index (χ1n) is 5.80. The molecule has 0 aliphatic rings. The summed E-state index contributed by atoms with van der Waals surface area (Å²) in [7, 11) is 0. The van der Waals surface area contributed by atoms with Gasteiger partial charge < -0.3 is 14.4 Å². The van der Waals surface area contributed by atoms with Crippen LogP contribution in [0.25, 0.3) is 0 Å². The predicted octanol–water partition coefficient (Wildman–Crippen LogP) is 1.73. The monoisotopic (exact) mass is 234 g/mol. The quantitative estimate of drug-likeness (QED) is 0.856. The van der Waals surface area contributed by atoms with E-state index in [2.05, 4.69) is 33.9 Å². The maximum Gasteiger partial charge on any atom is 0.133 e. The van der Waals surface area contributed by atoms with E-state index in [1.54, 1.807) is 0 Å². The second-order valence-electron chi connectivity index (χ2n) is 4.44. The third-order valence-corrected chi connectivity index (χ3v) is 2.48. The molecule has 2 heterocycles. The lowest BCUT2D eigenvalue weighted by atomic mass is 10.3. The van der Waals surface area contributed by atoms with Gasteiger partial charge in [0.25, 0.3) is 0 Å². The fourth-order valence-corrected chi connectivity index (χ4v) is 1.61. The minimum atomic E-state index is 0.453. The van der Waals surface area contributed by atoms with E-state index in [9.17, 15) is 0 Å². The number of aryl methyl sites for hydroxylation is 1. The Hall–Kier alpha value is -1.62. The predicted molar refractivity (Wildman–Crippen MR) is 64.5 cm³/mol. The van der Waals surface area contributed by atoms with Gasteiger partial charge in [-0.2, -0.15) is 0 Å². The Bertz CT molecular complexity index is 472. The Morgan fingerprint density at radius 3 is 2.94 bits per heavy atom. The van der Waals surface area contributed by atoms with Crippen molar-refractivity contribution in [2.45, 2.75) is 39.9 Å². The lowest BCUT2D eigenvalue weighted by Crippen LogP contribution is -2.24. The van der Waals surface area contributed by atoms with Gasteiger partial charge >= 0.3 is 0 Å². The van der Waals surface area contributed by atoms with Gasteiger partial charge in [0.1, 0.15) is 17.3 Å². The van der Waals surface area contributed by atoms with Crippen molar-refractivity contribution in [1.29, 1.82) is 0 Å². The zero-order chi connectivity index (χ0) is 12.3. The molecule has 0 unspecified atom stereocenters. The number of nitrogens with zero attached hydrogens (tertiary/aromatic N) is 3. The Morgan fingerprint density at radius 1 is 1.47 bits per heavy atom. The second kappa shape index (κ2) is 5.14. The topological polar surface area (TPSA) is 55.9 Å². The SMILES string of the molecule is Cc1cc(Cn2ccnc2CNC(C)C)no1. The van der Waals surface area contributed by atoms with Crippen molar-refractivity contribution in [3.05, 3.63) is 35.7 Å². The van der Waals surface area contributed by atoms with Crippen molar-refractivity contribution in [2.75, 3.05) is 0 Å². The molecule has 0 radical (unpaired) electrons. The normalized spacial score (nSPS) is 11.3. The van der Waals surface area contributed by atoms with E-state index in [0.717, 1.165) is 23.8 Å². The van der Waals surface area contributed by atoms with Crippen molar-refractivity contribution in [3.63, 3.8) is 0 Å². The summed E-state index contributed by atoms with van der Waals surface area (Å²) in [6, 6.07) is 2.40. The van der Waals surface area contributed by atoms with Gasteiger partial charge in [-0.05, 0) is 6.92 Å². The molecule has 0 saturated carbocycles. The fraction of sp³-hybridized carbons (Fsp3) is 0.500. The van der Waals surface area contributed by atoms with E-state index in [1.807, 2.05) is 25.4 Å². The van der Waals surface area contributed by atoms with Crippen LogP contribution in [0.1, 0.15) is 31.1 Å². The molecule has 0 aromatic carbocycles. The van der Waals surface area contributed by atoms with Gasteiger partial charge in [0.05, 0.1) is 13.1 Å². The van der Waals surface area contributed by atoms with Crippen molar-refractivity contribution in [2.24, 2.45) is 0 Å². The minimum Gasteiger partial charge on any atom is -0.361 e. The lowest BCUT2D eigenvalue weighted by Gasteiger charge is -2.09. The van der Waals surface area contributed by atoms with Crippen LogP contribution >= 0.6 is 0 Å². The summed E-state index contributed by atoms with van der Waals surface area (Å²) in [6.45, 7) is 7.60. The van der Waals surface area contributed by atoms with E-state index in [4.69, 9.17) is 4.52 Å². The van der Waals surface area contributed by atoms with Gasteiger partial charge in [-0.1, -0.05) is 19.0 Å².